The molecule has 0 aliphatic carbocycles. The van der Waals surface area contributed by atoms with Gasteiger partial charge in [0.15, 0.2) is 0 Å². The minimum Gasteiger partial charge on any atom is -0.353 e. The van der Waals surface area contributed by atoms with Gasteiger partial charge in [0.1, 0.15) is 0 Å². The molecule has 82 valence electrons. The fourth-order valence-electron chi connectivity index (χ4n) is 2.34. The molecule has 1 atom stereocenters. The summed E-state index contributed by atoms with van der Waals surface area (Å²) in [6.07, 6.45) is 4.18. The molecule has 1 aromatic heterocycles. The first-order chi connectivity index (χ1) is 7.68. The Bertz CT molecular complexity index is 501. The van der Waals surface area contributed by atoms with Gasteiger partial charge in [-0.05, 0) is 30.5 Å². The number of hydrogen-bond donors (Lipinski definition) is 0. The number of benzene rings is 1. The topological polar surface area (TPSA) is 19.4 Å². The highest BCUT2D eigenvalue weighted by molar-refractivity contribution is 5.94. The number of aromatic nitrogens is 1. The molecule has 0 N–H and O–H groups in total. The summed E-state index contributed by atoms with van der Waals surface area (Å²) in [5, 5.41) is 2.46. The standard InChI is InChI=1S/C13H15N3/c1-9-15(2)12-6-10-4-5-14-8-11(10)7-13(12)16(9)3/h4-9H,1-3H3. The third-order valence-corrected chi connectivity index (χ3v) is 3.61. The Hall–Kier alpha value is -1.77. The van der Waals surface area contributed by atoms with Crippen LogP contribution < -0.4 is 9.80 Å². The van der Waals surface area contributed by atoms with Gasteiger partial charge in [-0.2, -0.15) is 0 Å². The van der Waals surface area contributed by atoms with Gasteiger partial charge in [0.05, 0.1) is 17.5 Å². The summed E-state index contributed by atoms with van der Waals surface area (Å²) in [5.41, 5.74) is 2.59. The highest BCUT2D eigenvalue weighted by Gasteiger charge is 2.27. The second-order valence-corrected chi connectivity index (χ2v) is 4.42. The van der Waals surface area contributed by atoms with Crippen LogP contribution in [0.1, 0.15) is 6.92 Å². The monoisotopic (exact) mass is 213 g/mol. The Kier molecular flexibility index (Phi) is 1.84. The number of pyridine rings is 1. The maximum atomic E-state index is 4.17. The van der Waals surface area contributed by atoms with E-state index in [-0.39, 0.29) is 0 Å². The fraction of sp³-hybridized carbons (Fsp3) is 0.308. The van der Waals surface area contributed by atoms with Gasteiger partial charge < -0.3 is 9.80 Å². The molecule has 0 radical (unpaired) electrons. The van der Waals surface area contributed by atoms with Crippen LogP contribution in [0, 0.1) is 0 Å². The first-order valence-corrected chi connectivity index (χ1v) is 5.52. The highest BCUT2D eigenvalue weighted by atomic mass is 15.4. The van der Waals surface area contributed by atoms with Crippen LogP contribution in [0.3, 0.4) is 0 Å². The molecule has 3 heteroatoms. The molecule has 1 aliphatic rings. The molecule has 3 nitrogen and oxygen atoms in total. The number of hydrogen-bond acceptors (Lipinski definition) is 3. The van der Waals surface area contributed by atoms with Gasteiger partial charge in [0, 0.05) is 31.9 Å². The van der Waals surface area contributed by atoms with Crippen molar-refractivity contribution in [3.8, 4) is 0 Å². The Morgan fingerprint density at radius 1 is 1.06 bits per heavy atom. The van der Waals surface area contributed by atoms with Crippen molar-refractivity contribution in [2.45, 2.75) is 13.1 Å². The second-order valence-electron chi connectivity index (χ2n) is 4.42. The van der Waals surface area contributed by atoms with Crippen molar-refractivity contribution in [1.29, 1.82) is 0 Å². The van der Waals surface area contributed by atoms with E-state index < -0.39 is 0 Å². The average Bonchev–Trinajstić information content (AvgIpc) is 2.52. The van der Waals surface area contributed by atoms with Gasteiger partial charge in [-0.15, -0.1) is 0 Å². The summed E-state index contributed by atoms with van der Waals surface area (Å²) in [6.45, 7) is 2.21. The summed E-state index contributed by atoms with van der Waals surface area (Å²) in [4.78, 5) is 8.76. The van der Waals surface area contributed by atoms with Gasteiger partial charge in [-0.25, -0.2) is 0 Å². The molecule has 0 amide bonds. The maximum absolute atomic E-state index is 4.17. The molecule has 1 aromatic carbocycles. The minimum atomic E-state index is 0.416. The molecule has 16 heavy (non-hydrogen) atoms. The summed E-state index contributed by atoms with van der Waals surface area (Å²) < 4.78 is 0. The Balaban J connectivity index is 2.29. The van der Waals surface area contributed by atoms with Crippen molar-refractivity contribution in [2.24, 2.45) is 0 Å². The minimum absolute atomic E-state index is 0.416. The first-order valence-electron chi connectivity index (χ1n) is 5.52. The van der Waals surface area contributed by atoms with Gasteiger partial charge >= 0.3 is 0 Å². The van der Waals surface area contributed by atoms with E-state index in [9.17, 15) is 0 Å². The van der Waals surface area contributed by atoms with Crippen molar-refractivity contribution in [1.82, 2.24) is 4.98 Å². The van der Waals surface area contributed by atoms with Gasteiger partial charge in [0.2, 0.25) is 0 Å². The largest absolute Gasteiger partial charge is 0.353 e. The van der Waals surface area contributed by atoms with Crippen molar-refractivity contribution in [2.75, 3.05) is 23.9 Å². The molecule has 1 unspecified atom stereocenters. The Morgan fingerprint density at radius 3 is 2.38 bits per heavy atom. The van der Waals surface area contributed by atoms with Crippen molar-refractivity contribution >= 4 is 22.1 Å². The van der Waals surface area contributed by atoms with Crippen LogP contribution in [0.5, 0.6) is 0 Å². The van der Waals surface area contributed by atoms with E-state index in [1.54, 1.807) is 0 Å². The van der Waals surface area contributed by atoms with Crippen LogP contribution in [0.15, 0.2) is 30.6 Å². The fourth-order valence-corrected chi connectivity index (χ4v) is 2.34. The average molecular weight is 213 g/mol. The second kappa shape index (κ2) is 3.11. The lowest BCUT2D eigenvalue weighted by atomic mass is 10.1. The molecule has 0 fully saturated rings. The summed E-state index contributed by atoms with van der Waals surface area (Å²) in [6, 6.07) is 6.52. The lowest BCUT2D eigenvalue weighted by molar-refractivity contribution is 0.710. The van der Waals surface area contributed by atoms with E-state index in [4.69, 9.17) is 0 Å². The number of rotatable bonds is 0. The summed E-state index contributed by atoms with van der Waals surface area (Å²) >= 11 is 0. The molecule has 0 saturated carbocycles. The summed E-state index contributed by atoms with van der Waals surface area (Å²) in [5.74, 6) is 0. The summed E-state index contributed by atoms with van der Waals surface area (Å²) in [7, 11) is 4.27. The predicted molar refractivity (Wildman–Crippen MR) is 68.0 cm³/mol. The zero-order chi connectivity index (χ0) is 11.3. The van der Waals surface area contributed by atoms with Crippen LogP contribution in [0.2, 0.25) is 0 Å². The van der Waals surface area contributed by atoms with Crippen LogP contribution in [0.4, 0.5) is 11.4 Å². The Labute approximate surface area is 95.3 Å². The van der Waals surface area contributed by atoms with Gasteiger partial charge in [-0.1, -0.05) is 0 Å². The molecule has 1 aliphatic heterocycles. The Morgan fingerprint density at radius 2 is 1.69 bits per heavy atom. The molecule has 2 aromatic rings. The maximum Gasteiger partial charge on any atom is 0.0982 e. The number of anilines is 2. The third kappa shape index (κ3) is 1.11. The van der Waals surface area contributed by atoms with Gasteiger partial charge in [-0.3, -0.25) is 4.98 Å². The number of nitrogens with zero attached hydrogens (tertiary/aromatic N) is 3. The molecule has 3 rings (SSSR count). The number of fused-ring (bicyclic) bond motifs is 2. The van der Waals surface area contributed by atoms with E-state index >= 15 is 0 Å². The molecule has 2 heterocycles. The van der Waals surface area contributed by atoms with E-state index in [1.807, 2.05) is 12.4 Å². The zero-order valence-corrected chi connectivity index (χ0v) is 9.81. The zero-order valence-electron chi connectivity index (χ0n) is 9.81. The molecule has 0 spiro atoms. The third-order valence-electron chi connectivity index (χ3n) is 3.61. The molecular weight excluding hydrogens is 198 g/mol. The SMILES string of the molecule is CC1N(C)c2cc3ccncc3cc2N1C. The van der Waals surface area contributed by atoms with Gasteiger partial charge in [0.25, 0.3) is 0 Å². The molecule has 0 saturated heterocycles. The lowest BCUT2D eigenvalue weighted by Gasteiger charge is -2.23. The van der Waals surface area contributed by atoms with Crippen LogP contribution in [-0.4, -0.2) is 25.2 Å². The smallest absolute Gasteiger partial charge is 0.0982 e. The highest BCUT2D eigenvalue weighted by Crippen LogP contribution is 2.39. The lowest BCUT2D eigenvalue weighted by Crippen LogP contribution is -2.35. The van der Waals surface area contributed by atoms with E-state index in [0.717, 1.165) is 0 Å². The van der Waals surface area contributed by atoms with Crippen molar-refractivity contribution in [3.63, 3.8) is 0 Å². The van der Waals surface area contributed by atoms with E-state index in [0.29, 0.717) is 6.17 Å². The quantitative estimate of drug-likeness (QED) is 0.670. The van der Waals surface area contributed by atoms with Crippen LogP contribution in [-0.2, 0) is 0 Å². The van der Waals surface area contributed by atoms with E-state index in [1.165, 1.54) is 22.1 Å². The van der Waals surface area contributed by atoms with Crippen LogP contribution >= 0.6 is 0 Å². The molecule has 0 bridgehead atoms. The van der Waals surface area contributed by atoms with E-state index in [2.05, 4.69) is 54.0 Å². The van der Waals surface area contributed by atoms with Crippen molar-refractivity contribution < 1.29 is 0 Å². The first kappa shape index (κ1) is 9.46. The predicted octanol–water partition coefficient (Wildman–Crippen LogP) is 2.47. The van der Waals surface area contributed by atoms with Crippen molar-refractivity contribution in [3.05, 3.63) is 30.6 Å². The molecular formula is C13H15N3. The normalized spacial score (nSPS) is 19.3. The van der Waals surface area contributed by atoms with Crippen LogP contribution in [0.25, 0.3) is 10.8 Å².